The van der Waals surface area contributed by atoms with E-state index in [1.165, 1.54) is 19.3 Å². The van der Waals surface area contributed by atoms with E-state index in [0.29, 0.717) is 45.1 Å². The molecule has 1 unspecified atom stereocenters. The summed E-state index contributed by atoms with van der Waals surface area (Å²) in [5.74, 6) is -0.292. The number of carboxylic acid groups (broad SMARTS) is 1. The molecule has 0 spiro atoms. The maximum atomic E-state index is 12.1. The molecule has 1 rings (SSSR count). The summed E-state index contributed by atoms with van der Waals surface area (Å²) in [6, 6.07) is 7.28. The third-order valence-electron chi connectivity index (χ3n) is 4.68. The topological polar surface area (TPSA) is 85.3 Å². The molecule has 1 atom stereocenters. The Hall–Kier alpha value is -2.28. The number of nitrogens with zero attached hydrogens (tertiary/aromatic N) is 1. The van der Waals surface area contributed by atoms with Crippen LogP contribution in [-0.4, -0.2) is 61.1 Å². The molecule has 0 bridgehead atoms. The van der Waals surface area contributed by atoms with Crippen LogP contribution in [0.4, 0.5) is 4.79 Å². The van der Waals surface area contributed by atoms with Gasteiger partial charge in [-0.1, -0.05) is 44.7 Å². The lowest BCUT2D eigenvalue weighted by atomic mass is 10.1. The third kappa shape index (κ3) is 10.5. The standard InChI is InChI=1S/C23H37NO6/c1-4-7-8-9-10-15-24(23(27)29-6-3)16-17-30-20-13-11-19(12-14-20)18-21(22(25)26)28-5-2/h11-14,21H,4-10,15-18H2,1-3H3,(H,25,26). The molecule has 0 radical (unpaired) electrons. The summed E-state index contributed by atoms with van der Waals surface area (Å²) in [6.45, 7) is 7.95. The predicted molar refractivity (Wildman–Crippen MR) is 116 cm³/mol. The Morgan fingerprint density at radius 2 is 1.67 bits per heavy atom. The molecule has 0 fully saturated rings. The number of unbranched alkanes of at least 4 members (excludes halogenated alkanes) is 4. The van der Waals surface area contributed by atoms with E-state index in [4.69, 9.17) is 14.2 Å². The van der Waals surface area contributed by atoms with Crippen molar-refractivity contribution in [1.29, 1.82) is 0 Å². The van der Waals surface area contributed by atoms with Gasteiger partial charge in [0.1, 0.15) is 12.4 Å². The van der Waals surface area contributed by atoms with Crippen molar-refractivity contribution in [2.45, 2.75) is 65.4 Å². The monoisotopic (exact) mass is 423 g/mol. The minimum Gasteiger partial charge on any atom is -0.492 e. The Bertz CT molecular complexity index is 604. The average molecular weight is 424 g/mol. The van der Waals surface area contributed by atoms with Crippen LogP contribution in [0.1, 0.15) is 58.4 Å². The maximum Gasteiger partial charge on any atom is 0.409 e. The molecular weight excluding hydrogens is 386 g/mol. The smallest absolute Gasteiger partial charge is 0.409 e. The molecule has 0 saturated carbocycles. The summed E-state index contributed by atoms with van der Waals surface area (Å²) in [5, 5.41) is 9.18. The molecule has 0 aromatic heterocycles. The van der Waals surface area contributed by atoms with Gasteiger partial charge in [0.15, 0.2) is 6.10 Å². The Morgan fingerprint density at radius 3 is 2.27 bits per heavy atom. The van der Waals surface area contributed by atoms with E-state index in [1.54, 1.807) is 30.9 Å². The molecule has 0 saturated heterocycles. The van der Waals surface area contributed by atoms with Crippen molar-refractivity contribution in [2.75, 3.05) is 32.9 Å². The Kier molecular flexibility index (Phi) is 13.3. The van der Waals surface area contributed by atoms with Crippen LogP contribution in [0.2, 0.25) is 0 Å². The lowest BCUT2D eigenvalue weighted by Crippen LogP contribution is -2.36. The fourth-order valence-electron chi connectivity index (χ4n) is 3.04. The lowest BCUT2D eigenvalue weighted by Gasteiger charge is -2.22. The minimum absolute atomic E-state index is 0.303. The molecule has 7 nitrogen and oxygen atoms in total. The van der Waals surface area contributed by atoms with Crippen LogP contribution in [0.25, 0.3) is 0 Å². The van der Waals surface area contributed by atoms with Crippen LogP contribution in [0.5, 0.6) is 5.75 Å². The lowest BCUT2D eigenvalue weighted by molar-refractivity contribution is -0.149. The molecule has 170 valence electrons. The zero-order valence-electron chi connectivity index (χ0n) is 18.6. The normalized spacial score (nSPS) is 11.7. The van der Waals surface area contributed by atoms with Crippen molar-refractivity contribution in [3.05, 3.63) is 29.8 Å². The fourth-order valence-corrected chi connectivity index (χ4v) is 3.04. The molecule has 1 aromatic carbocycles. The van der Waals surface area contributed by atoms with E-state index in [0.717, 1.165) is 18.4 Å². The van der Waals surface area contributed by atoms with Crippen LogP contribution in [0.3, 0.4) is 0 Å². The summed E-state index contributed by atoms with van der Waals surface area (Å²) in [7, 11) is 0. The van der Waals surface area contributed by atoms with Gasteiger partial charge in [0, 0.05) is 19.6 Å². The Morgan fingerprint density at radius 1 is 0.967 bits per heavy atom. The van der Waals surface area contributed by atoms with Gasteiger partial charge in [-0.15, -0.1) is 0 Å². The maximum absolute atomic E-state index is 12.1. The first-order chi connectivity index (χ1) is 14.5. The minimum atomic E-state index is -0.967. The molecule has 0 aliphatic carbocycles. The zero-order valence-corrected chi connectivity index (χ0v) is 18.6. The number of carbonyl (C=O) groups excluding carboxylic acids is 1. The number of carbonyl (C=O) groups is 2. The largest absolute Gasteiger partial charge is 0.492 e. The number of rotatable bonds is 16. The first-order valence-corrected chi connectivity index (χ1v) is 11.0. The SMILES string of the molecule is CCCCCCCN(CCOc1ccc(CC(OCC)C(=O)O)cc1)C(=O)OCC. The van der Waals surface area contributed by atoms with Crippen LogP contribution in [-0.2, 0) is 20.7 Å². The van der Waals surface area contributed by atoms with Crippen LogP contribution in [0, 0.1) is 0 Å². The van der Waals surface area contributed by atoms with Crippen molar-refractivity contribution in [3.8, 4) is 5.75 Å². The predicted octanol–water partition coefficient (Wildman–Crippen LogP) is 4.53. The summed E-state index contributed by atoms with van der Waals surface area (Å²) in [4.78, 5) is 25.0. The van der Waals surface area contributed by atoms with Crippen molar-refractivity contribution >= 4 is 12.1 Å². The number of carboxylic acids is 1. The molecule has 1 amide bonds. The molecule has 1 N–H and O–H groups in total. The van der Waals surface area contributed by atoms with Gasteiger partial charge >= 0.3 is 12.1 Å². The first-order valence-electron chi connectivity index (χ1n) is 11.0. The molecule has 7 heteroatoms. The summed E-state index contributed by atoms with van der Waals surface area (Å²) in [6.07, 6.45) is 4.80. The highest BCUT2D eigenvalue weighted by Gasteiger charge is 2.18. The number of benzene rings is 1. The van der Waals surface area contributed by atoms with E-state index in [-0.39, 0.29) is 6.09 Å². The Balaban J connectivity index is 2.48. The van der Waals surface area contributed by atoms with E-state index >= 15 is 0 Å². The molecule has 0 heterocycles. The van der Waals surface area contributed by atoms with Gasteiger partial charge in [0.05, 0.1) is 13.2 Å². The highest BCUT2D eigenvalue weighted by atomic mass is 16.6. The van der Waals surface area contributed by atoms with Gasteiger partial charge in [-0.2, -0.15) is 0 Å². The molecular formula is C23H37NO6. The van der Waals surface area contributed by atoms with E-state index < -0.39 is 12.1 Å². The number of aliphatic carboxylic acids is 1. The van der Waals surface area contributed by atoms with E-state index in [1.807, 2.05) is 12.1 Å². The van der Waals surface area contributed by atoms with Crippen molar-refractivity contribution in [1.82, 2.24) is 4.90 Å². The number of amides is 1. The van der Waals surface area contributed by atoms with Gasteiger partial charge in [0.25, 0.3) is 0 Å². The summed E-state index contributed by atoms with van der Waals surface area (Å²) < 4.78 is 16.2. The van der Waals surface area contributed by atoms with Crippen molar-refractivity contribution < 1.29 is 28.9 Å². The number of hydrogen-bond donors (Lipinski definition) is 1. The highest BCUT2D eigenvalue weighted by Crippen LogP contribution is 2.15. The van der Waals surface area contributed by atoms with Crippen molar-refractivity contribution in [2.24, 2.45) is 0 Å². The highest BCUT2D eigenvalue weighted by molar-refractivity contribution is 5.72. The van der Waals surface area contributed by atoms with Gasteiger partial charge in [-0.05, 0) is 38.0 Å². The van der Waals surface area contributed by atoms with E-state index in [9.17, 15) is 14.7 Å². The number of hydrogen-bond acceptors (Lipinski definition) is 5. The van der Waals surface area contributed by atoms with Gasteiger partial charge in [0.2, 0.25) is 0 Å². The summed E-state index contributed by atoms with van der Waals surface area (Å²) >= 11 is 0. The second kappa shape index (κ2) is 15.5. The number of ether oxygens (including phenoxy) is 3. The first kappa shape index (κ1) is 25.8. The average Bonchev–Trinajstić information content (AvgIpc) is 2.73. The van der Waals surface area contributed by atoms with Crippen LogP contribution >= 0.6 is 0 Å². The fraction of sp³-hybridized carbons (Fsp3) is 0.652. The second-order valence-corrected chi connectivity index (χ2v) is 7.08. The molecule has 0 aliphatic rings. The van der Waals surface area contributed by atoms with Gasteiger partial charge in [-0.3, -0.25) is 0 Å². The molecule has 30 heavy (non-hydrogen) atoms. The molecule has 0 aliphatic heterocycles. The van der Waals surface area contributed by atoms with Crippen LogP contribution < -0.4 is 4.74 Å². The van der Waals surface area contributed by atoms with E-state index in [2.05, 4.69) is 6.92 Å². The van der Waals surface area contributed by atoms with Gasteiger partial charge in [-0.25, -0.2) is 9.59 Å². The van der Waals surface area contributed by atoms with Gasteiger partial charge < -0.3 is 24.2 Å². The zero-order chi connectivity index (χ0) is 22.2. The van der Waals surface area contributed by atoms with Crippen molar-refractivity contribution in [3.63, 3.8) is 0 Å². The quantitative estimate of drug-likeness (QED) is 0.393. The molecule has 1 aromatic rings. The second-order valence-electron chi connectivity index (χ2n) is 7.08. The van der Waals surface area contributed by atoms with Crippen LogP contribution in [0.15, 0.2) is 24.3 Å². The third-order valence-corrected chi connectivity index (χ3v) is 4.68. The summed E-state index contributed by atoms with van der Waals surface area (Å²) in [5.41, 5.74) is 0.864. The Labute approximate surface area is 180 Å².